The number of carbonyl (C=O) groups excluding carboxylic acids is 2. The Bertz CT molecular complexity index is 846. The summed E-state index contributed by atoms with van der Waals surface area (Å²) in [5.41, 5.74) is 1.48. The number of aryl methyl sites for hydroxylation is 1. The average Bonchev–Trinajstić information content (AvgIpc) is 3.17. The van der Waals surface area contributed by atoms with Crippen LogP contribution in [0.5, 0.6) is 5.75 Å². The van der Waals surface area contributed by atoms with Crippen molar-refractivity contribution in [1.82, 2.24) is 20.5 Å². The van der Waals surface area contributed by atoms with Crippen LogP contribution in [0, 0.1) is 6.92 Å². The van der Waals surface area contributed by atoms with Gasteiger partial charge in [-0.05, 0) is 44.4 Å². The highest BCUT2D eigenvalue weighted by Gasteiger charge is 2.22. The van der Waals surface area contributed by atoms with Gasteiger partial charge < -0.3 is 15.4 Å². The molecule has 2 heterocycles. The number of nitrogens with zero attached hydrogens (tertiary/aromatic N) is 2. The van der Waals surface area contributed by atoms with Crippen molar-refractivity contribution in [3.63, 3.8) is 0 Å². The molecule has 2 amide bonds. The third-order valence-corrected chi connectivity index (χ3v) is 5.83. The summed E-state index contributed by atoms with van der Waals surface area (Å²) in [7, 11) is 0. The van der Waals surface area contributed by atoms with Gasteiger partial charge in [0.15, 0.2) is 0 Å². The predicted molar refractivity (Wildman–Crippen MR) is 118 cm³/mol. The number of aromatic nitrogens is 1. The van der Waals surface area contributed by atoms with Crippen LogP contribution >= 0.6 is 11.3 Å². The van der Waals surface area contributed by atoms with Crippen LogP contribution in [0.2, 0.25) is 0 Å². The molecule has 162 valence electrons. The van der Waals surface area contributed by atoms with Crippen LogP contribution in [0.3, 0.4) is 0 Å². The van der Waals surface area contributed by atoms with Gasteiger partial charge in [-0.15, -0.1) is 11.3 Å². The molecule has 0 radical (unpaired) electrons. The Morgan fingerprint density at radius 2 is 2.10 bits per heavy atom. The zero-order valence-corrected chi connectivity index (χ0v) is 18.5. The fourth-order valence-corrected chi connectivity index (χ4v) is 3.98. The summed E-state index contributed by atoms with van der Waals surface area (Å²) in [6, 6.07) is 7.35. The maximum Gasteiger partial charge on any atom is 0.251 e. The van der Waals surface area contributed by atoms with E-state index >= 15 is 0 Å². The van der Waals surface area contributed by atoms with Gasteiger partial charge in [0.2, 0.25) is 5.91 Å². The Hall–Kier alpha value is -2.45. The lowest BCUT2D eigenvalue weighted by Crippen LogP contribution is -2.47. The molecule has 0 atom stereocenters. The molecule has 1 aliphatic rings. The number of carbonyl (C=O) groups is 2. The van der Waals surface area contributed by atoms with E-state index in [9.17, 15) is 9.59 Å². The third kappa shape index (κ3) is 6.81. The highest BCUT2D eigenvalue weighted by atomic mass is 32.1. The molecule has 1 saturated heterocycles. The number of rotatable bonds is 9. The molecule has 1 fully saturated rings. The summed E-state index contributed by atoms with van der Waals surface area (Å²) in [6.07, 6.45) is 2.62. The van der Waals surface area contributed by atoms with Crippen LogP contribution in [-0.2, 0) is 11.4 Å². The lowest BCUT2D eigenvalue weighted by Gasteiger charge is -2.31. The molecule has 2 aromatic rings. The summed E-state index contributed by atoms with van der Waals surface area (Å²) >= 11 is 1.59. The van der Waals surface area contributed by atoms with Gasteiger partial charge in [-0.25, -0.2) is 4.98 Å². The number of likely N-dealkylation sites (tertiary alicyclic amines) is 1. The summed E-state index contributed by atoms with van der Waals surface area (Å²) in [5, 5.41) is 9.01. The van der Waals surface area contributed by atoms with Gasteiger partial charge in [-0.1, -0.05) is 13.0 Å². The normalized spacial score (nSPS) is 15.0. The van der Waals surface area contributed by atoms with Gasteiger partial charge in [0.25, 0.3) is 5.91 Å². The first kappa shape index (κ1) is 22.2. The number of amides is 2. The predicted octanol–water partition coefficient (Wildman–Crippen LogP) is 2.75. The zero-order valence-electron chi connectivity index (χ0n) is 17.6. The number of hydrogen-bond donors (Lipinski definition) is 2. The van der Waals surface area contributed by atoms with E-state index in [-0.39, 0.29) is 17.9 Å². The lowest BCUT2D eigenvalue weighted by atomic mass is 10.0. The fraction of sp³-hybridized carbons (Fsp3) is 0.500. The molecule has 7 nitrogen and oxygen atoms in total. The van der Waals surface area contributed by atoms with Crippen molar-refractivity contribution in [2.24, 2.45) is 0 Å². The van der Waals surface area contributed by atoms with Crippen LogP contribution in [-0.4, -0.2) is 53.9 Å². The molecule has 1 aromatic carbocycles. The zero-order chi connectivity index (χ0) is 21.3. The van der Waals surface area contributed by atoms with Gasteiger partial charge in [0.1, 0.15) is 12.4 Å². The third-order valence-electron chi connectivity index (χ3n) is 5.01. The lowest BCUT2D eigenvalue weighted by molar-refractivity contribution is -0.122. The molecule has 1 aliphatic heterocycles. The fourth-order valence-electron chi connectivity index (χ4n) is 3.39. The summed E-state index contributed by atoms with van der Waals surface area (Å²) in [6.45, 7) is 7.15. The molecule has 0 aliphatic carbocycles. The Kier molecular flexibility index (Phi) is 8.21. The van der Waals surface area contributed by atoms with Crippen LogP contribution in [0.4, 0.5) is 0 Å². The topological polar surface area (TPSA) is 83.6 Å². The first-order valence-corrected chi connectivity index (χ1v) is 11.3. The minimum Gasteiger partial charge on any atom is -0.487 e. The molecule has 0 saturated carbocycles. The minimum atomic E-state index is -0.0934. The SMILES string of the molecule is CCCNC(=O)CN1CCC(NC(=O)c2cccc(OCc3csc(C)n3)c2)CC1. The smallest absolute Gasteiger partial charge is 0.251 e. The minimum absolute atomic E-state index is 0.0731. The highest BCUT2D eigenvalue weighted by molar-refractivity contribution is 7.09. The number of ether oxygens (including phenoxy) is 1. The van der Waals surface area contributed by atoms with Gasteiger partial charge in [-0.2, -0.15) is 0 Å². The monoisotopic (exact) mass is 430 g/mol. The molecule has 0 spiro atoms. The maximum atomic E-state index is 12.7. The molecule has 0 unspecified atom stereocenters. The Morgan fingerprint density at radius 3 is 2.80 bits per heavy atom. The molecule has 2 N–H and O–H groups in total. The van der Waals surface area contributed by atoms with Crippen molar-refractivity contribution in [1.29, 1.82) is 0 Å². The van der Waals surface area contributed by atoms with Crippen LogP contribution in [0.1, 0.15) is 47.2 Å². The van der Waals surface area contributed by atoms with E-state index in [2.05, 4.69) is 20.5 Å². The quantitative estimate of drug-likeness (QED) is 0.639. The standard InChI is InChI=1S/C22H30N4O3S/c1-3-9-23-21(27)13-26-10-7-18(8-11-26)25-22(28)17-5-4-6-20(12-17)29-14-19-15-30-16(2)24-19/h4-6,12,15,18H,3,7-11,13-14H2,1-2H3,(H,23,27)(H,25,28). The molecule has 0 bridgehead atoms. The summed E-state index contributed by atoms with van der Waals surface area (Å²) in [5.74, 6) is 0.634. The second-order valence-corrected chi connectivity index (χ2v) is 8.61. The molecule has 8 heteroatoms. The van der Waals surface area contributed by atoms with E-state index in [4.69, 9.17) is 4.74 Å². The van der Waals surface area contributed by atoms with E-state index in [0.29, 0.717) is 24.5 Å². The summed E-state index contributed by atoms with van der Waals surface area (Å²) in [4.78, 5) is 31.0. The number of piperidine rings is 1. The Balaban J connectivity index is 1.44. The van der Waals surface area contributed by atoms with Crippen molar-refractivity contribution in [2.45, 2.75) is 45.8 Å². The van der Waals surface area contributed by atoms with Gasteiger partial charge in [0.05, 0.1) is 17.2 Å². The van der Waals surface area contributed by atoms with E-state index in [1.54, 1.807) is 23.5 Å². The largest absolute Gasteiger partial charge is 0.487 e. The van der Waals surface area contributed by atoms with Gasteiger partial charge >= 0.3 is 0 Å². The second kappa shape index (κ2) is 11.1. The van der Waals surface area contributed by atoms with Crippen LogP contribution < -0.4 is 15.4 Å². The van der Waals surface area contributed by atoms with E-state index in [1.807, 2.05) is 31.4 Å². The van der Waals surface area contributed by atoms with E-state index in [0.717, 1.165) is 49.6 Å². The van der Waals surface area contributed by atoms with Gasteiger partial charge in [-0.3, -0.25) is 14.5 Å². The van der Waals surface area contributed by atoms with Crippen molar-refractivity contribution >= 4 is 23.2 Å². The average molecular weight is 431 g/mol. The first-order valence-electron chi connectivity index (χ1n) is 10.5. The van der Waals surface area contributed by atoms with E-state index < -0.39 is 0 Å². The van der Waals surface area contributed by atoms with E-state index in [1.165, 1.54) is 0 Å². The Morgan fingerprint density at radius 1 is 1.30 bits per heavy atom. The number of benzene rings is 1. The van der Waals surface area contributed by atoms with Crippen molar-refractivity contribution in [2.75, 3.05) is 26.2 Å². The summed E-state index contributed by atoms with van der Waals surface area (Å²) < 4.78 is 5.78. The van der Waals surface area contributed by atoms with Crippen molar-refractivity contribution < 1.29 is 14.3 Å². The van der Waals surface area contributed by atoms with Crippen molar-refractivity contribution in [3.05, 3.63) is 45.9 Å². The Labute approximate surface area is 181 Å². The second-order valence-electron chi connectivity index (χ2n) is 7.55. The number of hydrogen-bond acceptors (Lipinski definition) is 6. The van der Waals surface area contributed by atoms with Gasteiger partial charge in [0, 0.05) is 36.6 Å². The molecule has 1 aromatic heterocycles. The van der Waals surface area contributed by atoms with Crippen molar-refractivity contribution in [3.8, 4) is 5.75 Å². The highest BCUT2D eigenvalue weighted by Crippen LogP contribution is 2.17. The van der Waals surface area contributed by atoms with Crippen LogP contribution in [0.25, 0.3) is 0 Å². The maximum absolute atomic E-state index is 12.7. The molecule has 3 rings (SSSR count). The molecule has 30 heavy (non-hydrogen) atoms. The first-order chi connectivity index (χ1) is 14.5. The number of nitrogens with one attached hydrogen (secondary N) is 2. The van der Waals surface area contributed by atoms with Crippen LogP contribution in [0.15, 0.2) is 29.6 Å². The number of thiazole rings is 1. The molecular formula is C22H30N4O3S. The molecular weight excluding hydrogens is 400 g/mol.